The molecule has 66 heavy (non-hydrogen) atoms. The highest BCUT2D eigenvalue weighted by atomic mass is 19.1. The zero-order valence-corrected chi connectivity index (χ0v) is 34.6. The molecule has 8 rings (SSSR count). The molecule has 6 aromatic carbocycles. The first-order valence-electron chi connectivity index (χ1n) is 20.4. The van der Waals surface area contributed by atoms with E-state index >= 15 is 8.78 Å². The Labute approximate surface area is 373 Å². The Morgan fingerprint density at radius 1 is 0.515 bits per heavy atom. The number of halogens is 2. The van der Waals surface area contributed by atoms with Gasteiger partial charge in [0.1, 0.15) is 34.8 Å². The van der Waals surface area contributed by atoms with Crippen LogP contribution in [0.25, 0.3) is 45.1 Å². The highest BCUT2D eigenvalue weighted by Crippen LogP contribution is 2.30. The molecule has 0 radical (unpaired) electrons. The van der Waals surface area contributed by atoms with Gasteiger partial charge in [-0.25, -0.2) is 33.1 Å². The monoisotopic (exact) mass is 892 g/mol. The van der Waals surface area contributed by atoms with Gasteiger partial charge >= 0.3 is 18.0 Å². The van der Waals surface area contributed by atoms with Crippen LogP contribution in [0.5, 0.6) is 0 Å². The normalized spacial score (nSPS) is 12.0. The molecule has 2 unspecified atom stereocenters. The summed E-state index contributed by atoms with van der Waals surface area (Å²) in [5.41, 5.74) is 4.11. The van der Waals surface area contributed by atoms with Crippen LogP contribution in [0.15, 0.2) is 142 Å². The number of hydrogen-bond acceptors (Lipinski definition) is 9. The molecule has 2 aromatic heterocycles. The van der Waals surface area contributed by atoms with Gasteiger partial charge < -0.3 is 40.3 Å². The zero-order valence-electron chi connectivity index (χ0n) is 34.6. The Hall–Kier alpha value is -8.73. The smallest absolute Gasteiger partial charge is 0.326 e. The summed E-state index contributed by atoms with van der Waals surface area (Å²) in [6.07, 6.45) is -0.00915. The van der Waals surface area contributed by atoms with Crippen molar-refractivity contribution >= 4 is 63.4 Å². The Bertz CT molecular complexity index is 2910. The van der Waals surface area contributed by atoms with Gasteiger partial charge in [0.2, 0.25) is 23.6 Å². The highest BCUT2D eigenvalue weighted by Gasteiger charge is 2.23. The van der Waals surface area contributed by atoms with E-state index < -0.39 is 53.5 Å². The second kappa shape index (κ2) is 19.3. The number of carbonyl (C=O) groups excluding carboxylic acids is 3. The fourth-order valence-corrected chi connectivity index (χ4v) is 7.15. The molecule has 17 heteroatoms. The van der Waals surface area contributed by atoms with E-state index in [0.717, 1.165) is 23.3 Å². The molecule has 15 nitrogen and oxygen atoms in total. The van der Waals surface area contributed by atoms with Crippen molar-refractivity contribution in [2.45, 2.75) is 37.8 Å². The number of carboxylic acid groups (broad SMARTS) is 2. The van der Waals surface area contributed by atoms with E-state index in [4.69, 9.17) is 8.83 Å². The number of anilines is 2. The van der Waals surface area contributed by atoms with E-state index in [1.54, 1.807) is 84.9 Å². The third-order valence-electron chi connectivity index (χ3n) is 10.4. The number of oxazole rings is 2. The average Bonchev–Trinajstić information content (AvgIpc) is 3.92. The number of urea groups is 1. The van der Waals surface area contributed by atoms with Gasteiger partial charge in [0.25, 0.3) is 0 Å². The molecule has 0 saturated carbocycles. The van der Waals surface area contributed by atoms with E-state index in [2.05, 4.69) is 31.2 Å². The van der Waals surface area contributed by atoms with E-state index in [-0.39, 0.29) is 60.0 Å². The molecule has 0 spiro atoms. The Balaban J connectivity index is 0.859. The predicted octanol–water partition coefficient (Wildman–Crippen LogP) is 7.93. The van der Waals surface area contributed by atoms with Gasteiger partial charge in [0, 0.05) is 24.0 Å². The minimum atomic E-state index is -1.16. The van der Waals surface area contributed by atoms with Crippen molar-refractivity contribution in [2.24, 2.45) is 0 Å². The van der Waals surface area contributed by atoms with Crippen molar-refractivity contribution in [1.29, 1.82) is 0 Å². The Morgan fingerprint density at radius 3 is 1.30 bits per heavy atom. The van der Waals surface area contributed by atoms with Crippen LogP contribution in [0.4, 0.5) is 25.0 Å². The Kier molecular flexibility index (Phi) is 12.9. The van der Waals surface area contributed by atoms with Gasteiger partial charge in [-0.2, -0.15) is 0 Å². The van der Waals surface area contributed by atoms with Gasteiger partial charge in [-0.05, 0) is 82.9 Å². The van der Waals surface area contributed by atoms with Gasteiger partial charge in [-0.1, -0.05) is 72.8 Å². The third-order valence-corrected chi connectivity index (χ3v) is 10.4. The van der Waals surface area contributed by atoms with E-state index in [0.29, 0.717) is 33.3 Å². The van der Waals surface area contributed by atoms with Crippen LogP contribution in [-0.4, -0.2) is 62.0 Å². The standard InChI is InChI=1S/C49H38F2N6O9/c50-33-25-31(45-54-37-21-29(11-17-41(37)65-45)23-43(58)52-39(47(60)61)19-27-7-3-1-4-8-27)13-15-35(33)56-49(64)57-36-16-14-32(26-34(36)51)46-55-38-22-30(12-18-42(38)66-46)24-44(59)53-40(48(62)63)20-28-9-5-2-6-10-28/h1-18,21-22,25-26,39-40H,19-20,23-24H2,(H,52,58)(H,53,59)(H,60,61)(H,62,63)(H2,56,57,64). The number of carbonyl (C=O) groups is 5. The molecule has 6 N–H and O–H groups in total. The molecule has 0 saturated heterocycles. The topological polar surface area (TPSA) is 226 Å². The van der Waals surface area contributed by atoms with Gasteiger partial charge in [0.15, 0.2) is 11.2 Å². The number of benzene rings is 6. The Morgan fingerprint density at radius 2 is 0.924 bits per heavy atom. The van der Waals surface area contributed by atoms with Crippen LogP contribution in [0.1, 0.15) is 22.3 Å². The maximum atomic E-state index is 15.3. The molecule has 0 aliphatic carbocycles. The summed E-state index contributed by atoms with van der Waals surface area (Å²) < 4.78 is 42.3. The second-order valence-corrected chi connectivity index (χ2v) is 15.3. The molecular weight excluding hydrogens is 855 g/mol. The lowest BCUT2D eigenvalue weighted by molar-refractivity contribution is -0.142. The number of carboxylic acids is 2. The molecule has 2 atom stereocenters. The summed E-state index contributed by atoms with van der Waals surface area (Å²) in [4.78, 5) is 71.0. The van der Waals surface area contributed by atoms with E-state index in [9.17, 15) is 34.2 Å². The maximum absolute atomic E-state index is 15.3. The van der Waals surface area contributed by atoms with Crippen molar-refractivity contribution < 1.29 is 51.8 Å². The number of fused-ring (bicyclic) bond motifs is 2. The second-order valence-electron chi connectivity index (χ2n) is 15.3. The summed E-state index contributed by atoms with van der Waals surface area (Å²) in [5, 5.41) is 29.1. The first kappa shape index (κ1) is 43.9. The van der Waals surface area contributed by atoms with Crippen LogP contribution >= 0.6 is 0 Å². The van der Waals surface area contributed by atoms with Crippen molar-refractivity contribution in [3.63, 3.8) is 0 Å². The summed E-state index contributed by atoms with van der Waals surface area (Å²) in [6, 6.07) is 32.1. The largest absolute Gasteiger partial charge is 0.480 e. The van der Waals surface area contributed by atoms with E-state index in [1.807, 2.05) is 12.1 Å². The van der Waals surface area contributed by atoms with Crippen molar-refractivity contribution in [2.75, 3.05) is 10.6 Å². The quantitative estimate of drug-likeness (QED) is 0.0546. The minimum Gasteiger partial charge on any atom is -0.480 e. The fraction of sp³-hybridized carbons (Fsp3) is 0.122. The maximum Gasteiger partial charge on any atom is 0.326 e. The van der Waals surface area contributed by atoms with Crippen LogP contribution in [0.3, 0.4) is 0 Å². The SMILES string of the molecule is O=C(Cc1ccc2oc(-c3ccc(NC(=O)Nc4ccc(-c5nc6cc(CC(=O)NC(Cc7ccccc7)C(=O)O)ccc6o5)cc4F)c(F)c3)nc2c1)NC(Cc1ccccc1)C(=O)O. The number of amides is 4. The summed E-state index contributed by atoms with van der Waals surface area (Å²) in [7, 11) is 0. The number of nitrogens with zero attached hydrogens (tertiary/aromatic N) is 2. The number of hydrogen-bond donors (Lipinski definition) is 6. The summed E-state index contributed by atoms with van der Waals surface area (Å²) >= 11 is 0. The molecule has 0 aliphatic rings. The van der Waals surface area contributed by atoms with Crippen LogP contribution < -0.4 is 21.3 Å². The molecular formula is C49H38F2N6O9. The summed E-state index contributed by atoms with van der Waals surface area (Å²) in [5.74, 6) is -4.87. The molecule has 0 aliphatic heterocycles. The van der Waals surface area contributed by atoms with Crippen LogP contribution in [0.2, 0.25) is 0 Å². The minimum absolute atomic E-state index is 0.0603. The third kappa shape index (κ3) is 10.7. The zero-order chi connectivity index (χ0) is 46.3. The van der Waals surface area contributed by atoms with Crippen molar-refractivity contribution in [3.05, 3.63) is 167 Å². The van der Waals surface area contributed by atoms with Crippen LogP contribution in [-0.2, 0) is 44.9 Å². The molecule has 0 bridgehead atoms. The number of nitrogens with one attached hydrogen (secondary N) is 4. The molecule has 8 aromatic rings. The molecule has 4 amide bonds. The fourth-order valence-electron chi connectivity index (χ4n) is 7.15. The lowest BCUT2D eigenvalue weighted by atomic mass is 10.1. The van der Waals surface area contributed by atoms with E-state index in [1.165, 1.54) is 24.3 Å². The number of rotatable bonds is 16. The average molecular weight is 893 g/mol. The highest BCUT2D eigenvalue weighted by molar-refractivity contribution is 6.00. The van der Waals surface area contributed by atoms with Crippen molar-refractivity contribution in [3.8, 4) is 22.9 Å². The lowest BCUT2D eigenvalue weighted by Crippen LogP contribution is -2.43. The first-order valence-corrected chi connectivity index (χ1v) is 20.4. The van der Waals surface area contributed by atoms with Crippen molar-refractivity contribution in [1.82, 2.24) is 20.6 Å². The number of aromatic nitrogens is 2. The van der Waals surface area contributed by atoms with Gasteiger partial charge in [-0.3, -0.25) is 9.59 Å². The van der Waals surface area contributed by atoms with Gasteiger partial charge in [-0.15, -0.1) is 0 Å². The first-order chi connectivity index (χ1) is 31.8. The summed E-state index contributed by atoms with van der Waals surface area (Å²) in [6.45, 7) is 0. The lowest BCUT2D eigenvalue weighted by Gasteiger charge is -2.14. The van der Waals surface area contributed by atoms with Gasteiger partial charge in [0.05, 0.1) is 24.2 Å². The molecule has 0 fully saturated rings. The predicted molar refractivity (Wildman–Crippen MR) is 238 cm³/mol. The molecule has 332 valence electrons. The van der Waals surface area contributed by atoms with Crippen LogP contribution in [0, 0.1) is 11.6 Å². The molecule has 2 heterocycles. The number of aliphatic carboxylic acids is 2.